The topological polar surface area (TPSA) is 58.6 Å². The molecule has 0 saturated carbocycles. The van der Waals surface area contributed by atoms with Crippen LogP contribution in [0, 0.1) is 0 Å². The molecule has 1 rings (SSSR count). The predicted octanol–water partition coefficient (Wildman–Crippen LogP) is 2.60. The molecule has 102 valence electrons. The van der Waals surface area contributed by atoms with Crippen molar-refractivity contribution < 1.29 is 14.7 Å². The van der Waals surface area contributed by atoms with Gasteiger partial charge in [0.05, 0.1) is 12.7 Å². The Morgan fingerprint density at radius 1 is 1.42 bits per heavy atom. The number of allylic oxidation sites excluding steroid dienone is 2. The molecule has 4 nitrogen and oxygen atoms in total. The van der Waals surface area contributed by atoms with E-state index in [0.29, 0.717) is 13.0 Å². The van der Waals surface area contributed by atoms with Crippen molar-refractivity contribution in [1.29, 1.82) is 0 Å². The van der Waals surface area contributed by atoms with Gasteiger partial charge < -0.3 is 4.74 Å². The first-order valence-corrected chi connectivity index (χ1v) is 6.14. The van der Waals surface area contributed by atoms with Crippen molar-refractivity contribution in [2.45, 2.75) is 25.6 Å². The Balaban J connectivity index is 2.47. The lowest BCUT2D eigenvalue weighted by Crippen LogP contribution is -2.21. The van der Waals surface area contributed by atoms with Gasteiger partial charge in [0.1, 0.15) is 0 Å². The minimum absolute atomic E-state index is 0.185. The zero-order valence-corrected chi connectivity index (χ0v) is 10.8. The number of hydroxylamine groups is 1. The van der Waals surface area contributed by atoms with E-state index in [1.807, 2.05) is 36.4 Å². The highest BCUT2D eigenvalue weighted by Crippen LogP contribution is 2.09. The monoisotopic (exact) mass is 261 g/mol. The Bertz CT molecular complexity index is 415. The molecular formula is C15H19NO3. The number of carbonyl (C=O) groups excluding carboxylic acids is 1. The Kier molecular flexibility index (Phi) is 7.24. The van der Waals surface area contributed by atoms with Crippen LogP contribution in [-0.2, 0) is 16.1 Å². The maximum atomic E-state index is 11.0. The Hall–Kier alpha value is -1.91. The molecular weight excluding hydrogens is 242 g/mol. The molecule has 1 atom stereocenters. The summed E-state index contributed by atoms with van der Waals surface area (Å²) in [5.74, 6) is -0.416. The zero-order chi connectivity index (χ0) is 13.9. The van der Waals surface area contributed by atoms with Crippen LogP contribution in [0.15, 0.2) is 55.1 Å². The van der Waals surface area contributed by atoms with E-state index in [-0.39, 0.29) is 12.5 Å². The summed E-state index contributed by atoms with van der Waals surface area (Å²) in [6.07, 6.45) is 5.81. The second-order valence-corrected chi connectivity index (χ2v) is 4.03. The van der Waals surface area contributed by atoms with Crippen LogP contribution in [0.2, 0.25) is 0 Å². The molecule has 4 heteroatoms. The minimum Gasteiger partial charge on any atom is -0.369 e. The Morgan fingerprint density at radius 2 is 2.16 bits per heavy atom. The summed E-state index contributed by atoms with van der Waals surface area (Å²) < 4.78 is 5.73. The third-order valence-electron chi connectivity index (χ3n) is 2.55. The Labute approximate surface area is 113 Å². The smallest absolute Gasteiger partial charge is 0.243 e. The molecule has 1 aromatic rings. The van der Waals surface area contributed by atoms with E-state index in [1.54, 1.807) is 17.6 Å². The van der Waals surface area contributed by atoms with E-state index in [4.69, 9.17) is 9.94 Å². The van der Waals surface area contributed by atoms with Crippen LogP contribution in [-0.4, -0.2) is 17.2 Å². The number of hydrogen-bond acceptors (Lipinski definition) is 3. The van der Waals surface area contributed by atoms with Crippen molar-refractivity contribution in [3.63, 3.8) is 0 Å². The summed E-state index contributed by atoms with van der Waals surface area (Å²) in [7, 11) is 0. The summed E-state index contributed by atoms with van der Waals surface area (Å²) in [6, 6.07) is 9.81. The van der Waals surface area contributed by atoms with E-state index >= 15 is 0 Å². The lowest BCUT2D eigenvalue weighted by Gasteiger charge is -2.13. The highest BCUT2D eigenvalue weighted by Gasteiger charge is 2.08. The van der Waals surface area contributed by atoms with Crippen LogP contribution in [0.25, 0.3) is 0 Å². The van der Waals surface area contributed by atoms with Crippen molar-refractivity contribution in [3.05, 3.63) is 60.7 Å². The molecule has 0 aromatic heterocycles. The molecule has 0 aliphatic carbocycles. The van der Waals surface area contributed by atoms with E-state index in [2.05, 4.69) is 6.58 Å². The molecule has 0 unspecified atom stereocenters. The van der Waals surface area contributed by atoms with Gasteiger partial charge in [0.15, 0.2) is 0 Å². The fourth-order valence-corrected chi connectivity index (χ4v) is 1.54. The number of hydrogen-bond donors (Lipinski definition) is 2. The summed E-state index contributed by atoms with van der Waals surface area (Å²) >= 11 is 0. The van der Waals surface area contributed by atoms with Crippen LogP contribution in [0.4, 0.5) is 0 Å². The molecule has 0 radical (unpaired) electrons. The number of benzene rings is 1. The lowest BCUT2D eigenvalue weighted by atomic mass is 10.1. The normalized spacial score (nSPS) is 12.3. The number of nitrogens with one attached hydrogen (secondary N) is 1. The van der Waals surface area contributed by atoms with Gasteiger partial charge in [-0.1, -0.05) is 55.1 Å². The minimum atomic E-state index is -0.416. The van der Waals surface area contributed by atoms with E-state index < -0.39 is 5.91 Å². The second-order valence-electron chi connectivity index (χ2n) is 4.03. The average Bonchev–Trinajstić information content (AvgIpc) is 2.47. The van der Waals surface area contributed by atoms with Crippen molar-refractivity contribution in [2.24, 2.45) is 0 Å². The molecule has 1 amide bonds. The van der Waals surface area contributed by atoms with Crippen LogP contribution >= 0.6 is 0 Å². The summed E-state index contributed by atoms with van der Waals surface area (Å²) in [4.78, 5) is 11.0. The molecule has 1 aromatic carbocycles. The van der Waals surface area contributed by atoms with Gasteiger partial charge in [0.2, 0.25) is 5.91 Å². The van der Waals surface area contributed by atoms with Gasteiger partial charge in [-0.2, -0.15) is 0 Å². The van der Waals surface area contributed by atoms with Crippen molar-refractivity contribution in [3.8, 4) is 0 Å². The maximum absolute atomic E-state index is 11.0. The summed E-state index contributed by atoms with van der Waals surface area (Å²) in [5, 5.41) is 8.46. The van der Waals surface area contributed by atoms with Crippen LogP contribution in [0.3, 0.4) is 0 Å². The highest BCUT2D eigenvalue weighted by molar-refractivity contribution is 5.74. The molecule has 0 spiro atoms. The molecule has 0 heterocycles. The van der Waals surface area contributed by atoms with Gasteiger partial charge >= 0.3 is 0 Å². The second kappa shape index (κ2) is 9.08. The fourth-order valence-electron chi connectivity index (χ4n) is 1.54. The quantitative estimate of drug-likeness (QED) is 0.429. The summed E-state index contributed by atoms with van der Waals surface area (Å²) in [5.41, 5.74) is 2.69. The average molecular weight is 261 g/mol. The van der Waals surface area contributed by atoms with Gasteiger partial charge in [-0.05, 0) is 12.0 Å². The third-order valence-corrected chi connectivity index (χ3v) is 2.55. The fraction of sp³-hybridized carbons (Fsp3) is 0.267. The van der Waals surface area contributed by atoms with Gasteiger partial charge in [-0.15, -0.1) is 0 Å². The lowest BCUT2D eigenvalue weighted by molar-refractivity contribution is -0.129. The molecule has 0 saturated heterocycles. The molecule has 2 N–H and O–H groups in total. The summed E-state index contributed by atoms with van der Waals surface area (Å²) in [6.45, 7) is 4.08. The highest BCUT2D eigenvalue weighted by atomic mass is 16.5. The molecule has 0 aliphatic heterocycles. The molecule has 0 aliphatic rings. The van der Waals surface area contributed by atoms with Crippen LogP contribution < -0.4 is 5.48 Å². The van der Waals surface area contributed by atoms with E-state index in [0.717, 1.165) is 5.56 Å². The van der Waals surface area contributed by atoms with Crippen molar-refractivity contribution in [2.75, 3.05) is 0 Å². The van der Waals surface area contributed by atoms with E-state index in [1.165, 1.54) is 0 Å². The van der Waals surface area contributed by atoms with Gasteiger partial charge in [-0.25, -0.2) is 5.48 Å². The first-order valence-electron chi connectivity index (χ1n) is 6.14. The van der Waals surface area contributed by atoms with Gasteiger partial charge in [-0.3, -0.25) is 10.0 Å². The SMILES string of the molecule is C=C/C=C/[C@@H](CCC(=O)NO)OCc1ccccc1. The maximum Gasteiger partial charge on any atom is 0.243 e. The molecule has 19 heavy (non-hydrogen) atoms. The number of rotatable bonds is 8. The van der Waals surface area contributed by atoms with E-state index in [9.17, 15) is 4.79 Å². The predicted molar refractivity (Wildman–Crippen MR) is 73.5 cm³/mol. The largest absolute Gasteiger partial charge is 0.369 e. The number of carbonyl (C=O) groups is 1. The van der Waals surface area contributed by atoms with Crippen molar-refractivity contribution >= 4 is 5.91 Å². The first kappa shape index (κ1) is 15.1. The first-order chi connectivity index (χ1) is 9.26. The van der Waals surface area contributed by atoms with Gasteiger partial charge in [0.25, 0.3) is 0 Å². The molecule has 0 fully saturated rings. The third kappa shape index (κ3) is 6.55. The standard InChI is InChI=1S/C15H19NO3/c1-2-3-9-14(10-11-15(17)16-18)19-12-13-7-5-4-6-8-13/h2-9,14,18H,1,10-12H2,(H,16,17)/b9-3+/t14-/m0/s1. The van der Waals surface area contributed by atoms with Crippen LogP contribution in [0.5, 0.6) is 0 Å². The van der Waals surface area contributed by atoms with Gasteiger partial charge in [0, 0.05) is 6.42 Å². The zero-order valence-electron chi connectivity index (χ0n) is 10.8. The van der Waals surface area contributed by atoms with Crippen LogP contribution in [0.1, 0.15) is 18.4 Å². The number of ether oxygens (including phenoxy) is 1. The molecule has 0 bridgehead atoms. The Morgan fingerprint density at radius 3 is 2.79 bits per heavy atom. The van der Waals surface area contributed by atoms with Crippen molar-refractivity contribution in [1.82, 2.24) is 5.48 Å². The number of amides is 1.